The lowest BCUT2D eigenvalue weighted by Gasteiger charge is -2.35. The molecular weight excluding hydrogens is 290 g/mol. The molecule has 1 aromatic carbocycles. The Hall–Kier alpha value is -1.43. The zero-order valence-electron chi connectivity index (χ0n) is 13.7. The van der Waals surface area contributed by atoms with Gasteiger partial charge in [-0.25, -0.2) is 0 Å². The largest absolute Gasteiger partial charge is 0.379 e. The van der Waals surface area contributed by atoms with Crippen LogP contribution in [0.4, 0.5) is 0 Å². The Morgan fingerprint density at radius 2 is 2.04 bits per heavy atom. The van der Waals surface area contributed by atoms with Crippen molar-refractivity contribution in [3.05, 3.63) is 35.4 Å². The summed E-state index contributed by atoms with van der Waals surface area (Å²) >= 11 is 0. The molecule has 1 atom stereocenters. The van der Waals surface area contributed by atoms with Gasteiger partial charge in [-0.2, -0.15) is 0 Å². The molecule has 0 bridgehead atoms. The number of hydrogen-bond acceptors (Lipinski definition) is 4. The molecule has 2 N–H and O–H groups in total. The highest BCUT2D eigenvalue weighted by atomic mass is 16.5. The maximum absolute atomic E-state index is 12.9. The average Bonchev–Trinajstić information content (AvgIpc) is 2.62. The van der Waals surface area contributed by atoms with Gasteiger partial charge in [0, 0.05) is 44.3 Å². The first-order valence-corrected chi connectivity index (χ1v) is 8.68. The normalized spacial score (nSPS) is 23.0. The smallest absolute Gasteiger partial charge is 0.254 e. The second-order valence-corrected chi connectivity index (χ2v) is 6.47. The molecule has 2 saturated heterocycles. The van der Waals surface area contributed by atoms with Crippen LogP contribution < -0.4 is 5.73 Å². The van der Waals surface area contributed by atoms with Gasteiger partial charge < -0.3 is 15.4 Å². The summed E-state index contributed by atoms with van der Waals surface area (Å²) < 4.78 is 5.39. The minimum Gasteiger partial charge on any atom is -0.379 e. The van der Waals surface area contributed by atoms with Crippen LogP contribution in [0.15, 0.2) is 24.3 Å². The highest BCUT2D eigenvalue weighted by molar-refractivity contribution is 5.94. The van der Waals surface area contributed by atoms with Gasteiger partial charge in [-0.1, -0.05) is 12.1 Å². The molecule has 3 rings (SSSR count). The number of rotatable bonds is 4. The topological polar surface area (TPSA) is 58.8 Å². The molecule has 0 spiro atoms. The van der Waals surface area contributed by atoms with Gasteiger partial charge in [0.1, 0.15) is 0 Å². The number of benzene rings is 1. The van der Waals surface area contributed by atoms with Crippen LogP contribution in [-0.2, 0) is 11.3 Å². The van der Waals surface area contributed by atoms with Gasteiger partial charge in [0.05, 0.1) is 13.2 Å². The molecule has 2 fully saturated rings. The summed E-state index contributed by atoms with van der Waals surface area (Å²) in [5.74, 6) is 0.129. The van der Waals surface area contributed by atoms with Gasteiger partial charge in [0.25, 0.3) is 5.91 Å². The van der Waals surface area contributed by atoms with E-state index >= 15 is 0 Å². The summed E-state index contributed by atoms with van der Waals surface area (Å²) in [6.45, 7) is 5.77. The van der Waals surface area contributed by atoms with Crippen LogP contribution in [-0.4, -0.2) is 61.1 Å². The number of amides is 1. The molecule has 0 aromatic heterocycles. The van der Waals surface area contributed by atoms with Crippen molar-refractivity contribution in [2.75, 3.05) is 39.4 Å². The molecule has 5 heteroatoms. The second kappa shape index (κ2) is 7.90. The van der Waals surface area contributed by atoms with Crippen molar-refractivity contribution in [2.24, 2.45) is 5.73 Å². The third kappa shape index (κ3) is 4.10. The van der Waals surface area contributed by atoms with Crippen LogP contribution in [0.5, 0.6) is 0 Å². The van der Waals surface area contributed by atoms with Gasteiger partial charge in [0.2, 0.25) is 0 Å². The predicted octanol–water partition coefficient (Wildman–Crippen LogP) is 1.47. The number of hydrogen-bond donors (Lipinski definition) is 1. The Labute approximate surface area is 138 Å². The van der Waals surface area contributed by atoms with Crippen molar-refractivity contribution >= 4 is 5.91 Å². The first kappa shape index (κ1) is 16.4. The first-order chi connectivity index (χ1) is 11.3. The van der Waals surface area contributed by atoms with Gasteiger partial charge in [-0.05, 0) is 37.0 Å². The fourth-order valence-corrected chi connectivity index (χ4v) is 3.50. The van der Waals surface area contributed by atoms with Crippen molar-refractivity contribution in [2.45, 2.75) is 31.8 Å². The van der Waals surface area contributed by atoms with Crippen molar-refractivity contribution in [1.29, 1.82) is 0 Å². The van der Waals surface area contributed by atoms with E-state index in [1.807, 2.05) is 23.1 Å². The number of nitrogens with two attached hydrogens (primary N) is 1. The molecule has 126 valence electrons. The third-order valence-corrected chi connectivity index (χ3v) is 4.84. The van der Waals surface area contributed by atoms with Crippen LogP contribution >= 0.6 is 0 Å². The van der Waals surface area contributed by atoms with Gasteiger partial charge in [0.15, 0.2) is 0 Å². The van der Waals surface area contributed by atoms with Crippen molar-refractivity contribution < 1.29 is 9.53 Å². The van der Waals surface area contributed by atoms with Gasteiger partial charge in [-0.15, -0.1) is 0 Å². The quantitative estimate of drug-likeness (QED) is 0.914. The summed E-state index contributed by atoms with van der Waals surface area (Å²) in [6, 6.07) is 8.25. The number of ether oxygens (including phenoxy) is 1. The van der Waals surface area contributed by atoms with Crippen LogP contribution in [0.1, 0.15) is 35.2 Å². The fourth-order valence-electron chi connectivity index (χ4n) is 3.50. The molecule has 2 aliphatic rings. The van der Waals surface area contributed by atoms with Gasteiger partial charge in [-0.3, -0.25) is 9.69 Å². The summed E-state index contributed by atoms with van der Waals surface area (Å²) in [5, 5.41) is 0. The lowest BCUT2D eigenvalue weighted by atomic mass is 10.0. The van der Waals surface area contributed by atoms with Crippen LogP contribution in [0.3, 0.4) is 0 Å². The fraction of sp³-hybridized carbons (Fsp3) is 0.611. The summed E-state index contributed by atoms with van der Waals surface area (Å²) in [6.07, 6.45) is 3.27. The Morgan fingerprint density at radius 3 is 2.83 bits per heavy atom. The second-order valence-electron chi connectivity index (χ2n) is 6.47. The molecule has 2 aliphatic heterocycles. The standard InChI is InChI=1S/C18H27N3O2/c19-13-17-6-1-2-7-21(17)18(22)16-5-3-4-15(12-16)14-20-8-10-23-11-9-20/h3-5,12,17H,1-2,6-11,13-14,19H2/t17-/m0/s1. The summed E-state index contributed by atoms with van der Waals surface area (Å²) in [5.41, 5.74) is 7.83. The number of carbonyl (C=O) groups excluding carboxylic acids is 1. The third-order valence-electron chi connectivity index (χ3n) is 4.84. The van der Waals surface area contributed by atoms with E-state index in [-0.39, 0.29) is 11.9 Å². The Morgan fingerprint density at radius 1 is 1.22 bits per heavy atom. The molecule has 1 aromatic rings. The molecular formula is C18H27N3O2. The maximum Gasteiger partial charge on any atom is 0.254 e. The number of morpholine rings is 1. The van der Waals surface area contributed by atoms with E-state index < -0.39 is 0 Å². The monoisotopic (exact) mass is 317 g/mol. The Bertz CT molecular complexity index is 529. The SMILES string of the molecule is NC[C@@H]1CCCCN1C(=O)c1cccc(CN2CCOCC2)c1. The molecule has 0 aliphatic carbocycles. The zero-order valence-corrected chi connectivity index (χ0v) is 13.7. The van der Waals surface area contributed by atoms with E-state index in [0.717, 1.165) is 57.8 Å². The molecule has 0 saturated carbocycles. The molecule has 2 heterocycles. The lowest BCUT2D eigenvalue weighted by Crippen LogP contribution is -2.47. The highest BCUT2D eigenvalue weighted by Gasteiger charge is 2.26. The predicted molar refractivity (Wildman–Crippen MR) is 90.3 cm³/mol. The number of nitrogens with zero attached hydrogens (tertiary/aromatic N) is 2. The van der Waals surface area contributed by atoms with E-state index in [1.165, 1.54) is 12.0 Å². The van der Waals surface area contributed by atoms with Crippen molar-refractivity contribution in [3.8, 4) is 0 Å². The Balaban J connectivity index is 1.69. The Kier molecular flexibility index (Phi) is 5.65. The summed E-state index contributed by atoms with van der Waals surface area (Å²) in [7, 11) is 0. The zero-order chi connectivity index (χ0) is 16.1. The minimum atomic E-state index is 0.129. The van der Waals surface area contributed by atoms with Gasteiger partial charge >= 0.3 is 0 Å². The molecule has 5 nitrogen and oxygen atoms in total. The van der Waals surface area contributed by atoms with Crippen LogP contribution in [0, 0.1) is 0 Å². The average molecular weight is 317 g/mol. The van der Waals surface area contributed by atoms with Crippen molar-refractivity contribution in [1.82, 2.24) is 9.80 Å². The van der Waals surface area contributed by atoms with Crippen molar-refractivity contribution in [3.63, 3.8) is 0 Å². The molecule has 0 radical (unpaired) electrons. The van der Waals surface area contributed by atoms with E-state index in [2.05, 4.69) is 11.0 Å². The number of piperidine rings is 1. The molecule has 1 amide bonds. The van der Waals surface area contributed by atoms with E-state index in [4.69, 9.17) is 10.5 Å². The van der Waals surface area contributed by atoms with Crippen LogP contribution in [0.2, 0.25) is 0 Å². The van der Waals surface area contributed by atoms with E-state index in [0.29, 0.717) is 6.54 Å². The number of likely N-dealkylation sites (tertiary alicyclic amines) is 1. The molecule has 23 heavy (non-hydrogen) atoms. The van der Waals surface area contributed by atoms with E-state index in [1.54, 1.807) is 0 Å². The number of carbonyl (C=O) groups is 1. The maximum atomic E-state index is 12.9. The lowest BCUT2D eigenvalue weighted by molar-refractivity contribution is 0.0341. The summed E-state index contributed by atoms with van der Waals surface area (Å²) in [4.78, 5) is 17.2. The minimum absolute atomic E-state index is 0.129. The first-order valence-electron chi connectivity index (χ1n) is 8.68. The highest BCUT2D eigenvalue weighted by Crippen LogP contribution is 2.20. The molecule has 0 unspecified atom stereocenters. The van der Waals surface area contributed by atoms with Crippen LogP contribution in [0.25, 0.3) is 0 Å². The van der Waals surface area contributed by atoms with E-state index in [9.17, 15) is 4.79 Å².